The number of hydrogen-bond acceptors (Lipinski definition) is 2. The van der Waals surface area contributed by atoms with Crippen molar-refractivity contribution in [1.82, 2.24) is 0 Å². The maximum Gasteiger partial charge on any atom is 0.140 e. The predicted molar refractivity (Wildman–Crippen MR) is 57.7 cm³/mol. The number of carbonyl (C=O) groups is 2. The highest BCUT2D eigenvalue weighted by molar-refractivity contribution is 6.84. The highest BCUT2D eigenvalue weighted by Gasteiger charge is 2.35. The quantitative estimate of drug-likeness (QED) is 0.505. The molecule has 0 aliphatic carbocycles. The monoisotopic (exact) mass is 200 g/mol. The summed E-state index contributed by atoms with van der Waals surface area (Å²) in [5.41, 5.74) is -0.285. The third-order valence-corrected chi connectivity index (χ3v) is 4.55. The van der Waals surface area contributed by atoms with Crippen LogP contribution in [0.3, 0.4) is 0 Å². The molecule has 0 rings (SSSR count). The van der Waals surface area contributed by atoms with E-state index in [1.165, 1.54) is 6.92 Å². The summed E-state index contributed by atoms with van der Waals surface area (Å²) in [6.07, 6.45) is 1.39. The van der Waals surface area contributed by atoms with Gasteiger partial charge in [-0.2, -0.15) is 0 Å². The van der Waals surface area contributed by atoms with Crippen molar-refractivity contribution in [2.24, 2.45) is 0 Å². The molecule has 0 fully saturated rings. The second kappa shape index (κ2) is 4.70. The molecule has 1 unspecified atom stereocenters. The molecule has 0 saturated heterocycles. The third kappa shape index (κ3) is 3.85. The second-order valence-electron chi connectivity index (χ2n) is 4.63. The summed E-state index contributed by atoms with van der Waals surface area (Å²) in [6.45, 7) is 9.74. The zero-order valence-electron chi connectivity index (χ0n) is 9.31. The molecule has 0 aliphatic heterocycles. The first-order valence-corrected chi connectivity index (χ1v) is 8.41. The van der Waals surface area contributed by atoms with E-state index in [2.05, 4.69) is 19.6 Å². The van der Waals surface area contributed by atoms with Crippen LogP contribution in [-0.4, -0.2) is 19.6 Å². The van der Waals surface area contributed by atoms with E-state index in [1.54, 1.807) is 0 Å². The van der Waals surface area contributed by atoms with Crippen molar-refractivity contribution in [3.8, 4) is 0 Å². The Morgan fingerprint density at radius 2 is 1.69 bits per heavy atom. The van der Waals surface area contributed by atoms with Crippen molar-refractivity contribution in [3.63, 3.8) is 0 Å². The van der Waals surface area contributed by atoms with Crippen LogP contribution in [0.25, 0.3) is 0 Å². The number of hydrogen-bond donors (Lipinski definition) is 0. The van der Waals surface area contributed by atoms with Crippen LogP contribution >= 0.6 is 0 Å². The lowest BCUT2D eigenvalue weighted by Crippen LogP contribution is -2.38. The maximum atomic E-state index is 11.6. The van der Waals surface area contributed by atoms with Crippen LogP contribution in [0.1, 0.15) is 26.7 Å². The van der Waals surface area contributed by atoms with Gasteiger partial charge in [-0.25, -0.2) is 0 Å². The molecule has 0 heterocycles. The summed E-state index contributed by atoms with van der Waals surface area (Å²) in [4.78, 5) is 23.0. The molecule has 0 bridgehead atoms. The highest BCUT2D eigenvalue weighted by atomic mass is 28.3. The Labute approximate surface area is 81.7 Å². The minimum Gasteiger partial charge on any atom is -0.300 e. The molecule has 0 aromatic rings. The van der Waals surface area contributed by atoms with Crippen LogP contribution in [0.15, 0.2) is 0 Å². The highest BCUT2D eigenvalue weighted by Crippen LogP contribution is 2.25. The summed E-state index contributed by atoms with van der Waals surface area (Å²) in [6, 6.07) is 0. The van der Waals surface area contributed by atoms with Crippen molar-refractivity contribution in [3.05, 3.63) is 0 Å². The number of rotatable bonds is 5. The van der Waals surface area contributed by atoms with E-state index in [1.807, 2.05) is 6.92 Å². The fourth-order valence-corrected chi connectivity index (χ4v) is 4.04. The minimum absolute atomic E-state index is 0.0533. The van der Waals surface area contributed by atoms with Gasteiger partial charge in [0, 0.05) is 6.42 Å². The Bertz CT molecular complexity index is 203. The van der Waals surface area contributed by atoms with E-state index in [0.29, 0.717) is 6.42 Å². The van der Waals surface area contributed by atoms with Crippen LogP contribution in [0, 0.1) is 0 Å². The Hall–Kier alpha value is -0.443. The third-order valence-electron chi connectivity index (χ3n) is 2.09. The second-order valence-corrected chi connectivity index (χ2v) is 9.94. The van der Waals surface area contributed by atoms with Crippen LogP contribution in [0.4, 0.5) is 0 Å². The van der Waals surface area contributed by atoms with Crippen LogP contribution < -0.4 is 0 Å². The number of carbonyl (C=O) groups excluding carboxylic acids is 2. The van der Waals surface area contributed by atoms with Gasteiger partial charge in [-0.15, -0.1) is 0 Å². The summed E-state index contributed by atoms with van der Waals surface area (Å²) in [7, 11) is -1.65. The largest absolute Gasteiger partial charge is 0.300 e. The first-order chi connectivity index (χ1) is 5.80. The van der Waals surface area contributed by atoms with Crippen LogP contribution in [0.5, 0.6) is 0 Å². The van der Waals surface area contributed by atoms with E-state index in [-0.39, 0.29) is 17.1 Å². The molecule has 0 aromatic carbocycles. The zero-order valence-corrected chi connectivity index (χ0v) is 10.3. The van der Waals surface area contributed by atoms with Gasteiger partial charge in [0.1, 0.15) is 11.6 Å². The van der Waals surface area contributed by atoms with Gasteiger partial charge in [0.25, 0.3) is 0 Å². The summed E-state index contributed by atoms with van der Waals surface area (Å²) in [5.74, 6) is 0.201. The lowest BCUT2D eigenvalue weighted by atomic mass is 10.1. The average Bonchev–Trinajstić information content (AvgIpc) is 1.82. The van der Waals surface area contributed by atoms with Crippen molar-refractivity contribution in [2.75, 3.05) is 0 Å². The van der Waals surface area contributed by atoms with Gasteiger partial charge < -0.3 is 0 Å². The van der Waals surface area contributed by atoms with Crippen LogP contribution in [0.2, 0.25) is 25.2 Å². The lowest BCUT2D eigenvalue weighted by molar-refractivity contribution is -0.126. The van der Waals surface area contributed by atoms with Gasteiger partial charge >= 0.3 is 0 Å². The molecule has 0 radical (unpaired) electrons. The molecular weight excluding hydrogens is 180 g/mol. The summed E-state index contributed by atoms with van der Waals surface area (Å²) < 4.78 is 0. The fraction of sp³-hybridized carbons (Fsp3) is 0.800. The summed E-state index contributed by atoms with van der Waals surface area (Å²) in [5, 5.41) is 0. The Morgan fingerprint density at radius 3 is 1.92 bits per heavy atom. The molecule has 0 aliphatic rings. The van der Waals surface area contributed by atoms with Gasteiger partial charge in [-0.05, 0) is 13.3 Å². The minimum atomic E-state index is -1.65. The molecule has 0 amide bonds. The van der Waals surface area contributed by atoms with E-state index < -0.39 is 8.07 Å². The molecule has 2 nitrogen and oxygen atoms in total. The van der Waals surface area contributed by atoms with Gasteiger partial charge in [-0.1, -0.05) is 26.6 Å². The lowest BCUT2D eigenvalue weighted by Gasteiger charge is -2.25. The standard InChI is InChI=1S/C10H20O2Si/c1-6-7-9(12)10(8(2)11)13(3,4)5/h10H,6-7H2,1-5H3. The molecule has 76 valence electrons. The predicted octanol–water partition coefficient (Wildman–Crippen LogP) is 2.65. The van der Waals surface area contributed by atoms with Crippen molar-refractivity contribution in [2.45, 2.75) is 51.9 Å². The summed E-state index contributed by atoms with van der Waals surface area (Å²) >= 11 is 0. The van der Waals surface area contributed by atoms with Gasteiger partial charge in [0.15, 0.2) is 0 Å². The Morgan fingerprint density at radius 1 is 1.23 bits per heavy atom. The van der Waals surface area contributed by atoms with E-state index in [4.69, 9.17) is 0 Å². The fourth-order valence-electron chi connectivity index (χ4n) is 1.71. The van der Waals surface area contributed by atoms with E-state index in [9.17, 15) is 9.59 Å². The first-order valence-electron chi connectivity index (χ1n) is 4.83. The number of ketones is 2. The molecule has 13 heavy (non-hydrogen) atoms. The number of Topliss-reactive ketones (excluding diaryl/α,β-unsaturated/α-hetero) is 2. The molecule has 0 N–H and O–H groups in total. The van der Waals surface area contributed by atoms with E-state index in [0.717, 1.165) is 6.42 Å². The van der Waals surface area contributed by atoms with E-state index >= 15 is 0 Å². The van der Waals surface area contributed by atoms with Gasteiger partial charge in [0.2, 0.25) is 0 Å². The first kappa shape index (κ1) is 12.6. The molecule has 0 aromatic heterocycles. The zero-order chi connectivity index (χ0) is 10.6. The SMILES string of the molecule is CCCC(=O)C(C(C)=O)[Si](C)(C)C. The van der Waals surface area contributed by atoms with Gasteiger partial charge in [-0.3, -0.25) is 9.59 Å². The molecule has 0 saturated carbocycles. The maximum absolute atomic E-state index is 11.6. The van der Waals surface area contributed by atoms with Crippen LogP contribution in [-0.2, 0) is 9.59 Å². The van der Waals surface area contributed by atoms with Crippen molar-refractivity contribution >= 4 is 19.6 Å². The van der Waals surface area contributed by atoms with Gasteiger partial charge in [0.05, 0.1) is 13.6 Å². The molecule has 0 spiro atoms. The van der Waals surface area contributed by atoms with Crippen molar-refractivity contribution in [1.29, 1.82) is 0 Å². The van der Waals surface area contributed by atoms with Crippen molar-refractivity contribution < 1.29 is 9.59 Å². The molecular formula is C10H20O2Si. The average molecular weight is 200 g/mol. The molecule has 1 atom stereocenters. The molecule has 3 heteroatoms. The Kier molecular flexibility index (Phi) is 4.54. The Balaban J connectivity index is 4.63. The topological polar surface area (TPSA) is 34.1 Å². The smallest absolute Gasteiger partial charge is 0.140 e. The normalized spacial score (nSPS) is 13.9.